The summed E-state index contributed by atoms with van der Waals surface area (Å²) in [6.07, 6.45) is 0.239. The number of hydrogen-bond donors (Lipinski definition) is 1. The molecule has 0 saturated heterocycles. The molecule has 33 heavy (non-hydrogen) atoms. The van der Waals surface area contributed by atoms with Gasteiger partial charge in [0.25, 0.3) is 5.56 Å². The van der Waals surface area contributed by atoms with Crippen LogP contribution in [0, 0.1) is 6.92 Å². The minimum absolute atomic E-state index is 0.0652. The number of hydrogen-bond acceptors (Lipinski definition) is 7. The van der Waals surface area contributed by atoms with Crippen LogP contribution in [0.5, 0.6) is 0 Å². The molecule has 0 fully saturated rings. The van der Waals surface area contributed by atoms with Crippen LogP contribution in [0.1, 0.15) is 17.9 Å². The Bertz CT molecular complexity index is 1420. The lowest BCUT2D eigenvalue weighted by Gasteiger charge is -2.08. The molecule has 0 spiro atoms. The lowest BCUT2D eigenvalue weighted by molar-refractivity contribution is -0.116. The first kappa shape index (κ1) is 22.2. The fourth-order valence-electron chi connectivity index (χ4n) is 3.00. The Balaban J connectivity index is 1.53. The normalized spacial score (nSPS) is 10.9. The zero-order valence-electron chi connectivity index (χ0n) is 17.8. The molecular formula is C22H19ClN6O4. The van der Waals surface area contributed by atoms with Gasteiger partial charge in [-0.2, -0.15) is 14.8 Å². The first-order valence-electron chi connectivity index (χ1n) is 9.97. The average Bonchev–Trinajstić information content (AvgIpc) is 3.27. The summed E-state index contributed by atoms with van der Waals surface area (Å²) >= 11 is 5.83. The second kappa shape index (κ2) is 9.21. The van der Waals surface area contributed by atoms with Gasteiger partial charge in [0.1, 0.15) is 0 Å². The zero-order valence-corrected chi connectivity index (χ0v) is 18.5. The number of aromatic nitrogens is 5. The van der Waals surface area contributed by atoms with Gasteiger partial charge in [-0.3, -0.25) is 14.2 Å². The minimum atomic E-state index is -0.656. The van der Waals surface area contributed by atoms with Gasteiger partial charge in [0.05, 0.1) is 5.69 Å². The van der Waals surface area contributed by atoms with Crippen LogP contribution in [0.3, 0.4) is 0 Å². The van der Waals surface area contributed by atoms with E-state index in [-0.39, 0.29) is 36.2 Å². The number of rotatable bonds is 6. The zero-order chi connectivity index (χ0) is 23.5. The highest BCUT2D eigenvalue weighted by atomic mass is 35.5. The van der Waals surface area contributed by atoms with Crippen molar-refractivity contribution >= 4 is 23.2 Å². The average molecular weight is 467 g/mol. The molecule has 1 N–H and O–H groups in total. The number of carbonyl (C=O) groups excluding carboxylic acids is 1. The summed E-state index contributed by atoms with van der Waals surface area (Å²) in [4.78, 5) is 41.5. The molecule has 0 unspecified atom stereocenters. The smallest absolute Gasteiger partial charge is 0.339 e. The molecule has 2 heterocycles. The Morgan fingerprint density at radius 2 is 1.79 bits per heavy atom. The van der Waals surface area contributed by atoms with E-state index in [1.54, 1.807) is 36.4 Å². The molecule has 0 aliphatic carbocycles. The van der Waals surface area contributed by atoms with E-state index in [0.717, 1.165) is 14.8 Å². The van der Waals surface area contributed by atoms with Crippen molar-refractivity contribution in [2.45, 2.75) is 19.8 Å². The van der Waals surface area contributed by atoms with E-state index in [9.17, 15) is 14.4 Å². The largest absolute Gasteiger partial charge is 0.351 e. The third-order valence-corrected chi connectivity index (χ3v) is 5.08. The summed E-state index contributed by atoms with van der Waals surface area (Å²) in [6, 6.07) is 13.8. The Morgan fingerprint density at radius 3 is 2.48 bits per heavy atom. The van der Waals surface area contributed by atoms with E-state index in [2.05, 4.69) is 20.6 Å². The molecule has 0 aliphatic heterocycles. The number of aryl methyl sites for hydroxylation is 2. The quantitative estimate of drug-likeness (QED) is 0.462. The van der Waals surface area contributed by atoms with E-state index in [0.29, 0.717) is 16.4 Å². The number of anilines is 1. The van der Waals surface area contributed by atoms with Gasteiger partial charge in [-0.1, -0.05) is 34.5 Å². The molecule has 0 saturated carbocycles. The molecule has 0 aliphatic rings. The van der Waals surface area contributed by atoms with Gasteiger partial charge in [-0.05, 0) is 43.3 Å². The van der Waals surface area contributed by atoms with Gasteiger partial charge in [0.15, 0.2) is 5.69 Å². The van der Waals surface area contributed by atoms with Crippen molar-refractivity contribution in [1.29, 1.82) is 0 Å². The molecule has 4 aromatic rings. The number of benzene rings is 2. The van der Waals surface area contributed by atoms with Crippen molar-refractivity contribution < 1.29 is 9.32 Å². The molecule has 0 bridgehead atoms. The topological polar surface area (TPSA) is 125 Å². The maximum atomic E-state index is 12.6. The Hall–Kier alpha value is -4.05. The third-order valence-electron chi connectivity index (χ3n) is 4.83. The highest BCUT2D eigenvalue weighted by molar-refractivity contribution is 6.30. The van der Waals surface area contributed by atoms with Crippen LogP contribution in [-0.2, 0) is 18.3 Å². The fourth-order valence-corrected chi connectivity index (χ4v) is 3.12. The molecule has 2 aromatic heterocycles. The molecular weight excluding hydrogens is 448 g/mol. The number of halogens is 1. The number of nitrogens with zero attached hydrogens (tertiary/aromatic N) is 5. The van der Waals surface area contributed by atoms with Crippen molar-refractivity contribution in [1.82, 2.24) is 24.5 Å². The highest BCUT2D eigenvalue weighted by Gasteiger charge is 2.19. The third kappa shape index (κ3) is 4.90. The van der Waals surface area contributed by atoms with Gasteiger partial charge in [-0.15, -0.1) is 0 Å². The van der Waals surface area contributed by atoms with Crippen LogP contribution in [0.2, 0.25) is 5.02 Å². The van der Waals surface area contributed by atoms with Gasteiger partial charge < -0.3 is 9.84 Å². The predicted octanol–water partition coefficient (Wildman–Crippen LogP) is 2.51. The summed E-state index contributed by atoms with van der Waals surface area (Å²) in [5, 5.41) is 11.3. The summed E-state index contributed by atoms with van der Waals surface area (Å²) in [5.41, 5.74) is 0.719. The second-order valence-corrected chi connectivity index (χ2v) is 7.75. The molecule has 11 heteroatoms. The first-order chi connectivity index (χ1) is 15.8. The molecule has 10 nitrogen and oxygen atoms in total. The number of carbonyl (C=O) groups is 1. The van der Waals surface area contributed by atoms with Gasteiger partial charge in [0, 0.05) is 30.6 Å². The van der Waals surface area contributed by atoms with Crippen LogP contribution in [0.25, 0.3) is 17.2 Å². The molecule has 0 atom stereocenters. The number of amides is 1. The monoisotopic (exact) mass is 466 g/mol. The lowest BCUT2D eigenvalue weighted by atomic mass is 10.2. The van der Waals surface area contributed by atoms with Crippen LogP contribution in [0.15, 0.2) is 62.6 Å². The van der Waals surface area contributed by atoms with Crippen molar-refractivity contribution in [3.8, 4) is 17.2 Å². The summed E-state index contributed by atoms with van der Waals surface area (Å²) < 4.78 is 7.22. The van der Waals surface area contributed by atoms with E-state index in [1.165, 1.54) is 7.05 Å². The SMILES string of the molecule is Cc1ccc(-n2nc(-c3noc(CCC(=O)Nc4ccc(Cl)cc4)n3)c(=O)n(C)c2=O)cc1. The van der Waals surface area contributed by atoms with Crippen LogP contribution in [0.4, 0.5) is 5.69 Å². The van der Waals surface area contributed by atoms with Gasteiger partial charge in [0.2, 0.25) is 17.6 Å². The van der Waals surface area contributed by atoms with Crippen LogP contribution < -0.4 is 16.6 Å². The van der Waals surface area contributed by atoms with E-state index in [4.69, 9.17) is 16.1 Å². The molecule has 168 valence electrons. The molecule has 4 rings (SSSR count). The Morgan fingerprint density at radius 1 is 1.09 bits per heavy atom. The van der Waals surface area contributed by atoms with E-state index >= 15 is 0 Å². The van der Waals surface area contributed by atoms with Crippen LogP contribution >= 0.6 is 11.6 Å². The molecule has 2 aromatic carbocycles. The second-order valence-electron chi connectivity index (χ2n) is 7.31. The van der Waals surface area contributed by atoms with Gasteiger partial charge >= 0.3 is 5.69 Å². The van der Waals surface area contributed by atoms with Gasteiger partial charge in [-0.25, -0.2) is 4.79 Å². The number of nitrogens with one attached hydrogen (secondary N) is 1. The Kier molecular flexibility index (Phi) is 6.18. The highest BCUT2D eigenvalue weighted by Crippen LogP contribution is 2.15. The van der Waals surface area contributed by atoms with Crippen molar-refractivity contribution in [3.63, 3.8) is 0 Å². The molecule has 1 amide bonds. The minimum Gasteiger partial charge on any atom is -0.339 e. The first-order valence-corrected chi connectivity index (χ1v) is 10.4. The maximum absolute atomic E-state index is 12.6. The summed E-state index contributed by atoms with van der Waals surface area (Å²) in [5.74, 6) is -0.156. The van der Waals surface area contributed by atoms with E-state index < -0.39 is 11.2 Å². The van der Waals surface area contributed by atoms with Crippen molar-refractivity contribution in [2.75, 3.05) is 5.32 Å². The summed E-state index contributed by atoms with van der Waals surface area (Å²) in [6.45, 7) is 1.92. The maximum Gasteiger partial charge on any atom is 0.351 e. The van der Waals surface area contributed by atoms with E-state index in [1.807, 2.05) is 19.1 Å². The Labute approximate surface area is 192 Å². The standard InChI is InChI=1S/C22H19ClN6O4/c1-13-3-9-16(10-4-13)29-22(32)28(2)21(31)19(26-29)20-25-18(33-27-20)12-11-17(30)24-15-7-5-14(23)6-8-15/h3-10H,11-12H2,1-2H3,(H,24,30). The van der Waals surface area contributed by atoms with Crippen LogP contribution in [-0.4, -0.2) is 30.4 Å². The van der Waals surface area contributed by atoms with Crippen molar-refractivity contribution in [3.05, 3.63) is 85.8 Å². The summed E-state index contributed by atoms with van der Waals surface area (Å²) in [7, 11) is 1.35. The predicted molar refractivity (Wildman–Crippen MR) is 122 cm³/mol. The van der Waals surface area contributed by atoms with Crippen molar-refractivity contribution in [2.24, 2.45) is 7.05 Å². The molecule has 0 radical (unpaired) electrons. The fraction of sp³-hybridized carbons (Fsp3) is 0.182. The lowest BCUT2D eigenvalue weighted by Crippen LogP contribution is -2.40.